The van der Waals surface area contributed by atoms with Crippen molar-refractivity contribution < 1.29 is 9.47 Å². The molecule has 0 saturated carbocycles. The van der Waals surface area contributed by atoms with E-state index in [0.29, 0.717) is 10.9 Å². The van der Waals surface area contributed by atoms with Gasteiger partial charge >= 0.3 is 0 Å². The van der Waals surface area contributed by atoms with Crippen molar-refractivity contribution in [2.24, 2.45) is 0 Å². The average Bonchev–Trinajstić information content (AvgIpc) is 2.73. The number of aromatic amines is 1. The maximum atomic E-state index is 11.4. The van der Waals surface area contributed by atoms with E-state index >= 15 is 0 Å². The van der Waals surface area contributed by atoms with Gasteiger partial charge in [0, 0.05) is 6.07 Å². The van der Waals surface area contributed by atoms with Crippen molar-refractivity contribution in [1.82, 2.24) is 4.98 Å². The summed E-state index contributed by atoms with van der Waals surface area (Å²) in [5.41, 5.74) is 2.45. The van der Waals surface area contributed by atoms with E-state index in [-0.39, 0.29) is 12.4 Å². The van der Waals surface area contributed by atoms with Crippen LogP contribution in [0.5, 0.6) is 11.5 Å². The van der Waals surface area contributed by atoms with Gasteiger partial charge in [-0.2, -0.15) is 0 Å². The molecule has 0 fully saturated rings. The van der Waals surface area contributed by atoms with Crippen LogP contribution < -0.4 is 15.0 Å². The van der Waals surface area contributed by atoms with Crippen molar-refractivity contribution in [3.05, 3.63) is 45.3 Å². The molecule has 4 nitrogen and oxygen atoms in total. The molecule has 1 aliphatic rings. The highest BCUT2D eigenvalue weighted by Gasteiger charge is 2.16. The van der Waals surface area contributed by atoms with E-state index in [4.69, 9.17) is 21.1 Å². The minimum atomic E-state index is -0.227. The molecular weight excluding hydrogens is 254 g/mol. The lowest BCUT2D eigenvalue weighted by Gasteiger charge is -2.07. The van der Waals surface area contributed by atoms with Crippen LogP contribution in [0.3, 0.4) is 0 Å². The van der Waals surface area contributed by atoms with Gasteiger partial charge in [-0.05, 0) is 41.8 Å². The van der Waals surface area contributed by atoms with E-state index in [2.05, 4.69) is 4.98 Å². The third-order valence-corrected chi connectivity index (χ3v) is 3.05. The first kappa shape index (κ1) is 11.2. The van der Waals surface area contributed by atoms with E-state index in [1.165, 1.54) is 6.07 Å². The lowest BCUT2D eigenvalue weighted by molar-refractivity contribution is 0.174. The molecule has 5 heteroatoms. The second kappa shape index (κ2) is 4.07. The lowest BCUT2D eigenvalue weighted by atomic mass is 10.0. The first-order valence-corrected chi connectivity index (χ1v) is 5.82. The number of halogens is 1. The van der Waals surface area contributed by atoms with Crippen molar-refractivity contribution in [1.29, 1.82) is 0 Å². The largest absolute Gasteiger partial charge is 0.454 e. The second-order valence-corrected chi connectivity index (χ2v) is 4.51. The molecule has 0 unspecified atom stereocenters. The van der Waals surface area contributed by atoms with Crippen molar-refractivity contribution in [2.45, 2.75) is 6.92 Å². The molecule has 0 saturated heterocycles. The fraction of sp³-hybridized carbons (Fsp3) is 0.154. The number of benzene rings is 1. The number of hydrogen-bond acceptors (Lipinski definition) is 3. The predicted octanol–water partition coefficient (Wildman–Crippen LogP) is 2.73. The molecular formula is C13H10ClNO3. The number of ether oxygens (including phenoxy) is 2. The number of aryl methyl sites for hydroxylation is 1. The monoisotopic (exact) mass is 263 g/mol. The molecule has 0 bridgehead atoms. The zero-order chi connectivity index (χ0) is 12.7. The first-order chi connectivity index (χ1) is 8.63. The SMILES string of the molecule is Cc1cc2c(cc1-c1cc(Cl)[nH]c(=O)c1)OCO2. The van der Waals surface area contributed by atoms with Gasteiger partial charge in [0.2, 0.25) is 12.4 Å². The van der Waals surface area contributed by atoms with E-state index in [1.54, 1.807) is 6.07 Å². The van der Waals surface area contributed by atoms with Crippen LogP contribution in [0.4, 0.5) is 0 Å². The van der Waals surface area contributed by atoms with Gasteiger partial charge in [-0.15, -0.1) is 0 Å². The minimum absolute atomic E-state index is 0.227. The van der Waals surface area contributed by atoms with Crippen LogP contribution in [-0.4, -0.2) is 11.8 Å². The summed E-state index contributed by atoms with van der Waals surface area (Å²) < 4.78 is 10.6. The normalized spacial score (nSPS) is 12.8. The Bertz CT molecular complexity index is 678. The topological polar surface area (TPSA) is 51.3 Å². The number of aromatic nitrogens is 1. The van der Waals surface area contributed by atoms with Gasteiger partial charge in [-0.1, -0.05) is 11.6 Å². The van der Waals surface area contributed by atoms with Crippen LogP contribution in [0.15, 0.2) is 29.1 Å². The molecule has 92 valence electrons. The molecule has 18 heavy (non-hydrogen) atoms. The van der Waals surface area contributed by atoms with Gasteiger partial charge in [0.05, 0.1) is 0 Å². The molecule has 0 spiro atoms. The zero-order valence-electron chi connectivity index (χ0n) is 9.62. The van der Waals surface area contributed by atoms with Gasteiger partial charge in [-0.3, -0.25) is 4.79 Å². The summed E-state index contributed by atoms with van der Waals surface area (Å²) in [4.78, 5) is 13.9. The smallest absolute Gasteiger partial charge is 0.249 e. The van der Waals surface area contributed by atoms with Gasteiger partial charge in [-0.25, -0.2) is 0 Å². The number of hydrogen-bond donors (Lipinski definition) is 1. The summed E-state index contributed by atoms with van der Waals surface area (Å²) in [6.45, 7) is 2.18. The Kier molecular flexibility index (Phi) is 2.52. The Balaban J connectivity index is 2.19. The first-order valence-electron chi connectivity index (χ1n) is 5.44. The Morgan fingerprint density at radius 3 is 2.61 bits per heavy atom. The highest BCUT2D eigenvalue weighted by Crippen LogP contribution is 2.38. The standard InChI is InChI=1S/C13H10ClNO3/c1-7-2-10-11(18-6-17-10)5-9(7)8-3-12(14)15-13(16)4-8/h2-5H,6H2,1H3,(H,15,16). The van der Waals surface area contributed by atoms with Crippen LogP contribution in [0.1, 0.15) is 5.56 Å². The molecule has 0 aliphatic carbocycles. The quantitative estimate of drug-likeness (QED) is 0.805. The van der Waals surface area contributed by atoms with Crippen molar-refractivity contribution in [2.75, 3.05) is 6.79 Å². The van der Waals surface area contributed by atoms with Crippen LogP contribution in [0, 0.1) is 6.92 Å². The zero-order valence-corrected chi connectivity index (χ0v) is 10.4. The fourth-order valence-electron chi connectivity index (χ4n) is 2.02. The number of nitrogens with one attached hydrogen (secondary N) is 1. The van der Waals surface area contributed by atoms with E-state index in [9.17, 15) is 4.79 Å². The molecule has 0 amide bonds. The maximum absolute atomic E-state index is 11.4. The molecule has 0 radical (unpaired) electrons. The second-order valence-electron chi connectivity index (χ2n) is 4.10. The number of pyridine rings is 1. The molecule has 2 aromatic rings. The number of H-pyrrole nitrogens is 1. The average molecular weight is 264 g/mol. The van der Waals surface area contributed by atoms with E-state index in [0.717, 1.165) is 22.4 Å². The molecule has 1 aromatic heterocycles. The minimum Gasteiger partial charge on any atom is -0.454 e. The maximum Gasteiger partial charge on any atom is 0.249 e. The highest BCUT2D eigenvalue weighted by molar-refractivity contribution is 6.29. The summed E-state index contributed by atoms with van der Waals surface area (Å²) in [7, 11) is 0. The summed E-state index contributed by atoms with van der Waals surface area (Å²) >= 11 is 5.86. The Morgan fingerprint density at radius 1 is 1.17 bits per heavy atom. The van der Waals surface area contributed by atoms with Crippen molar-refractivity contribution in [3.8, 4) is 22.6 Å². The van der Waals surface area contributed by atoms with Gasteiger partial charge in [0.15, 0.2) is 11.5 Å². The molecule has 3 rings (SSSR count). The van der Waals surface area contributed by atoms with Gasteiger partial charge in [0.1, 0.15) is 5.15 Å². The summed E-state index contributed by atoms with van der Waals surface area (Å²) in [6.07, 6.45) is 0. The summed E-state index contributed by atoms with van der Waals surface area (Å²) in [5, 5.41) is 0.314. The van der Waals surface area contributed by atoms with Crippen molar-refractivity contribution in [3.63, 3.8) is 0 Å². The predicted molar refractivity (Wildman–Crippen MR) is 68.4 cm³/mol. The molecule has 1 N–H and O–H groups in total. The van der Waals surface area contributed by atoms with E-state index in [1.807, 2.05) is 19.1 Å². The van der Waals surface area contributed by atoms with Crippen LogP contribution >= 0.6 is 11.6 Å². The molecule has 2 heterocycles. The van der Waals surface area contributed by atoms with E-state index < -0.39 is 0 Å². The summed E-state index contributed by atoms with van der Waals surface area (Å²) in [6, 6.07) is 6.99. The molecule has 0 atom stereocenters. The fourth-order valence-corrected chi connectivity index (χ4v) is 2.23. The van der Waals surface area contributed by atoms with Crippen LogP contribution in [-0.2, 0) is 0 Å². The summed E-state index contributed by atoms with van der Waals surface area (Å²) in [5.74, 6) is 1.42. The van der Waals surface area contributed by atoms with Gasteiger partial charge < -0.3 is 14.5 Å². The number of fused-ring (bicyclic) bond motifs is 1. The Hall–Kier alpha value is -1.94. The lowest BCUT2D eigenvalue weighted by Crippen LogP contribution is -2.04. The third-order valence-electron chi connectivity index (χ3n) is 2.84. The highest BCUT2D eigenvalue weighted by atomic mass is 35.5. The third kappa shape index (κ3) is 1.84. The Morgan fingerprint density at radius 2 is 1.89 bits per heavy atom. The van der Waals surface area contributed by atoms with Crippen molar-refractivity contribution >= 4 is 11.6 Å². The number of rotatable bonds is 1. The molecule has 1 aliphatic heterocycles. The molecule has 1 aromatic carbocycles. The van der Waals surface area contributed by atoms with Crippen LogP contribution in [0.25, 0.3) is 11.1 Å². The van der Waals surface area contributed by atoms with Crippen LogP contribution in [0.2, 0.25) is 5.15 Å². The Labute approximate surface area is 108 Å². The van der Waals surface area contributed by atoms with Gasteiger partial charge in [0.25, 0.3) is 0 Å².